The van der Waals surface area contributed by atoms with Crippen LogP contribution in [0.3, 0.4) is 0 Å². The smallest absolute Gasteiger partial charge is 0.377 e. The molecule has 0 amide bonds. The highest BCUT2D eigenvalue weighted by atomic mass is 35.5. The second-order valence-electron chi connectivity index (χ2n) is 5.29. The van der Waals surface area contributed by atoms with Crippen molar-refractivity contribution in [3.63, 3.8) is 0 Å². The number of carbonyl (C=O) groups is 3. The van der Waals surface area contributed by atoms with Crippen molar-refractivity contribution in [3.8, 4) is 5.75 Å². The summed E-state index contributed by atoms with van der Waals surface area (Å²) < 4.78 is 14.8. The Labute approximate surface area is 144 Å². The monoisotopic (exact) mass is 352 g/mol. The fourth-order valence-electron chi connectivity index (χ4n) is 2.05. The summed E-state index contributed by atoms with van der Waals surface area (Å²) in [6.07, 6.45) is 2.50. The van der Waals surface area contributed by atoms with Gasteiger partial charge in [0.05, 0.1) is 26.2 Å². The van der Waals surface area contributed by atoms with E-state index in [4.69, 9.17) is 21.1 Å². The molecule has 6 nitrogen and oxygen atoms in total. The quantitative estimate of drug-likeness (QED) is 0.235. The molecule has 0 N–H and O–H groups in total. The molecule has 0 saturated heterocycles. The van der Waals surface area contributed by atoms with Crippen LogP contribution in [-0.4, -0.2) is 31.8 Å². The maximum absolute atomic E-state index is 12.4. The maximum Gasteiger partial charge on any atom is 0.377 e. The van der Waals surface area contributed by atoms with Gasteiger partial charge in [0.25, 0.3) is 0 Å². The molecule has 1 aromatic carbocycles. The standard InChI is InChI=1S/C17H17ClO6/c1-22-9-16(17(21)23-2)24-15-6-5-11(18)7-12(15)14(20)8-13(19)10-3-4-10/h5-7,9-10H,3-4,8H2,1-2H3/b16-9+. The van der Waals surface area contributed by atoms with Crippen LogP contribution in [-0.2, 0) is 19.1 Å². The van der Waals surface area contributed by atoms with Crippen LogP contribution in [0.4, 0.5) is 0 Å². The van der Waals surface area contributed by atoms with Crippen molar-refractivity contribution < 1.29 is 28.6 Å². The van der Waals surface area contributed by atoms with E-state index in [2.05, 4.69) is 4.74 Å². The Balaban J connectivity index is 2.25. The predicted molar refractivity (Wildman–Crippen MR) is 85.9 cm³/mol. The molecule has 1 aromatic rings. The summed E-state index contributed by atoms with van der Waals surface area (Å²) in [6, 6.07) is 4.36. The van der Waals surface area contributed by atoms with Gasteiger partial charge in [-0.2, -0.15) is 0 Å². The first-order chi connectivity index (χ1) is 11.5. The Morgan fingerprint density at radius 2 is 1.96 bits per heavy atom. The van der Waals surface area contributed by atoms with Crippen molar-refractivity contribution in [1.82, 2.24) is 0 Å². The van der Waals surface area contributed by atoms with Gasteiger partial charge in [0.2, 0.25) is 5.76 Å². The number of methoxy groups -OCH3 is 2. The van der Waals surface area contributed by atoms with E-state index in [-0.39, 0.29) is 35.2 Å². The van der Waals surface area contributed by atoms with Crippen LogP contribution >= 0.6 is 11.6 Å². The average molecular weight is 353 g/mol. The molecule has 2 rings (SSSR count). The molecule has 0 heterocycles. The van der Waals surface area contributed by atoms with Gasteiger partial charge >= 0.3 is 5.97 Å². The van der Waals surface area contributed by atoms with Crippen LogP contribution < -0.4 is 4.74 Å². The van der Waals surface area contributed by atoms with E-state index in [1.165, 1.54) is 32.4 Å². The number of hydrogen-bond acceptors (Lipinski definition) is 6. The molecule has 0 spiro atoms. The van der Waals surface area contributed by atoms with Gasteiger partial charge in [-0.05, 0) is 31.0 Å². The second-order valence-corrected chi connectivity index (χ2v) is 5.73. The largest absolute Gasteiger partial charge is 0.500 e. The second kappa shape index (κ2) is 7.97. The van der Waals surface area contributed by atoms with Crippen LogP contribution in [0.2, 0.25) is 5.02 Å². The van der Waals surface area contributed by atoms with E-state index < -0.39 is 11.8 Å². The van der Waals surface area contributed by atoms with Crippen molar-refractivity contribution in [2.75, 3.05) is 14.2 Å². The number of Topliss-reactive ketones (excluding diaryl/α,β-unsaturated/α-hetero) is 2. The summed E-state index contributed by atoms with van der Waals surface area (Å²) >= 11 is 5.94. The summed E-state index contributed by atoms with van der Waals surface area (Å²) in [6.45, 7) is 0. The van der Waals surface area contributed by atoms with E-state index in [0.717, 1.165) is 19.1 Å². The summed E-state index contributed by atoms with van der Waals surface area (Å²) in [5.74, 6) is -1.42. The van der Waals surface area contributed by atoms with Gasteiger partial charge < -0.3 is 14.2 Å². The van der Waals surface area contributed by atoms with Crippen LogP contribution in [0.5, 0.6) is 5.75 Å². The van der Waals surface area contributed by atoms with Crippen molar-refractivity contribution in [1.29, 1.82) is 0 Å². The Morgan fingerprint density at radius 1 is 1.25 bits per heavy atom. The topological polar surface area (TPSA) is 78.9 Å². The van der Waals surface area contributed by atoms with E-state index >= 15 is 0 Å². The Morgan fingerprint density at radius 3 is 2.54 bits per heavy atom. The SMILES string of the molecule is CO/C=C(/Oc1ccc(Cl)cc1C(=O)CC(=O)C1CC1)C(=O)OC. The number of rotatable bonds is 8. The molecular weight excluding hydrogens is 336 g/mol. The molecule has 0 aromatic heterocycles. The Bertz CT molecular complexity index is 690. The molecule has 0 atom stereocenters. The van der Waals surface area contributed by atoms with Crippen molar-refractivity contribution in [2.24, 2.45) is 5.92 Å². The molecule has 0 unspecified atom stereocenters. The predicted octanol–water partition coefficient (Wildman–Crippen LogP) is 2.93. The first-order valence-electron chi connectivity index (χ1n) is 7.30. The van der Waals surface area contributed by atoms with Crippen LogP contribution in [0.1, 0.15) is 29.6 Å². The molecule has 0 bridgehead atoms. The highest BCUT2D eigenvalue weighted by molar-refractivity contribution is 6.31. The molecule has 1 aliphatic carbocycles. The minimum absolute atomic E-state index is 0.0171. The van der Waals surface area contributed by atoms with E-state index in [0.29, 0.717) is 5.02 Å². The third-order valence-electron chi connectivity index (χ3n) is 3.44. The minimum Gasteiger partial charge on any atom is -0.500 e. The van der Waals surface area contributed by atoms with Crippen LogP contribution in [0.15, 0.2) is 30.2 Å². The third kappa shape index (κ3) is 4.58. The van der Waals surface area contributed by atoms with E-state index in [1.807, 2.05) is 0 Å². The third-order valence-corrected chi connectivity index (χ3v) is 3.68. The first kappa shape index (κ1) is 18.0. The highest BCUT2D eigenvalue weighted by Gasteiger charge is 2.31. The lowest BCUT2D eigenvalue weighted by Crippen LogP contribution is -2.15. The number of halogens is 1. The number of hydrogen-bond donors (Lipinski definition) is 0. The first-order valence-corrected chi connectivity index (χ1v) is 7.68. The molecule has 0 aliphatic heterocycles. The Hall–Kier alpha value is -2.34. The van der Waals surface area contributed by atoms with Gasteiger partial charge in [0.1, 0.15) is 17.8 Å². The summed E-state index contributed by atoms with van der Waals surface area (Å²) in [5, 5.41) is 0.319. The van der Waals surface area contributed by atoms with Gasteiger partial charge in [-0.15, -0.1) is 0 Å². The molecule has 7 heteroatoms. The lowest BCUT2D eigenvalue weighted by atomic mass is 10.0. The number of esters is 1. The normalized spacial score (nSPS) is 14.0. The molecule has 0 radical (unpaired) electrons. The molecule has 1 saturated carbocycles. The van der Waals surface area contributed by atoms with Gasteiger partial charge in [-0.3, -0.25) is 9.59 Å². The fourth-order valence-corrected chi connectivity index (χ4v) is 2.22. The summed E-state index contributed by atoms with van der Waals surface area (Å²) in [7, 11) is 2.53. The number of benzene rings is 1. The van der Waals surface area contributed by atoms with Crippen molar-refractivity contribution in [2.45, 2.75) is 19.3 Å². The van der Waals surface area contributed by atoms with Gasteiger partial charge in [-0.25, -0.2) is 4.79 Å². The molecule has 1 aliphatic rings. The fraction of sp³-hybridized carbons (Fsp3) is 0.353. The van der Waals surface area contributed by atoms with Gasteiger partial charge in [0, 0.05) is 10.9 Å². The van der Waals surface area contributed by atoms with Gasteiger partial charge in [0.15, 0.2) is 5.78 Å². The molecule has 1 fully saturated rings. The van der Waals surface area contributed by atoms with E-state index in [1.54, 1.807) is 0 Å². The van der Waals surface area contributed by atoms with Crippen LogP contribution in [0, 0.1) is 5.92 Å². The molecular formula is C17H17ClO6. The number of ketones is 2. The van der Waals surface area contributed by atoms with E-state index in [9.17, 15) is 14.4 Å². The van der Waals surface area contributed by atoms with Gasteiger partial charge in [-0.1, -0.05) is 11.6 Å². The highest BCUT2D eigenvalue weighted by Crippen LogP contribution is 2.32. The van der Waals surface area contributed by atoms with Crippen molar-refractivity contribution in [3.05, 3.63) is 40.8 Å². The number of carbonyl (C=O) groups excluding carboxylic acids is 3. The lowest BCUT2D eigenvalue weighted by molar-refractivity contribution is -0.138. The minimum atomic E-state index is -0.765. The summed E-state index contributed by atoms with van der Waals surface area (Å²) in [4.78, 5) is 35.9. The summed E-state index contributed by atoms with van der Waals surface area (Å²) in [5.41, 5.74) is 0.127. The lowest BCUT2D eigenvalue weighted by Gasteiger charge is -2.12. The van der Waals surface area contributed by atoms with Crippen molar-refractivity contribution >= 4 is 29.1 Å². The zero-order valence-electron chi connectivity index (χ0n) is 13.3. The zero-order chi connectivity index (χ0) is 17.7. The molecule has 128 valence electrons. The zero-order valence-corrected chi connectivity index (χ0v) is 14.1. The van der Waals surface area contributed by atoms with Crippen LogP contribution in [0.25, 0.3) is 0 Å². The Kier molecular flexibility index (Phi) is 5.98. The maximum atomic E-state index is 12.4. The average Bonchev–Trinajstić information content (AvgIpc) is 3.40. The number of ether oxygens (including phenoxy) is 3. The molecule has 24 heavy (non-hydrogen) atoms.